The summed E-state index contributed by atoms with van der Waals surface area (Å²) in [4.78, 5) is 12.2. The van der Waals surface area contributed by atoms with Gasteiger partial charge in [0.15, 0.2) is 0 Å². The molecule has 0 bridgehead atoms. The lowest BCUT2D eigenvalue weighted by Gasteiger charge is -2.59. The summed E-state index contributed by atoms with van der Waals surface area (Å²) in [6.07, 6.45) is 11.8. The Morgan fingerprint density at radius 2 is 1.74 bits per heavy atom. The number of epoxide rings is 1. The van der Waals surface area contributed by atoms with Crippen LogP contribution in [0.15, 0.2) is 0 Å². The van der Waals surface area contributed by atoms with Gasteiger partial charge < -0.3 is 4.74 Å². The zero-order valence-electron chi connectivity index (χ0n) is 15.0. The van der Waals surface area contributed by atoms with Crippen LogP contribution in [0.1, 0.15) is 72.1 Å². The fourth-order valence-corrected chi connectivity index (χ4v) is 8.19. The molecule has 128 valence electrons. The molecule has 9 atom stereocenters. The fraction of sp³-hybridized carbons (Fsp3) is 0.952. The highest BCUT2D eigenvalue weighted by Crippen LogP contribution is 2.68. The molecule has 0 spiro atoms. The lowest BCUT2D eigenvalue weighted by Crippen LogP contribution is -2.54. The molecule has 1 unspecified atom stereocenters. The van der Waals surface area contributed by atoms with E-state index in [-0.39, 0.29) is 0 Å². The zero-order chi connectivity index (χ0) is 16.0. The van der Waals surface area contributed by atoms with Crippen LogP contribution in [-0.2, 0) is 9.53 Å². The van der Waals surface area contributed by atoms with Gasteiger partial charge in [-0.2, -0.15) is 0 Å². The topological polar surface area (TPSA) is 29.6 Å². The van der Waals surface area contributed by atoms with E-state index < -0.39 is 0 Å². The molecule has 0 aromatic heterocycles. The van der Waals surface area contributed by atoms with E-state index in [0.29, 0.717) is 34.7 Å². The van der Waals surface area contributed by atoms with E-state index in [1.54, 1.807) is 0 Å². The van der Waals surface area contributed by atoms with Crippen molar-refractivity contribution in [2.45, 2.75) is 84.3 Å². The van der Waals surface area contributed by atoms with Gasteiger partial charge in [0, 0.05) is 5.92 Å². The third kappa shape index (κ3) is 1.88. The van der Waals surface area contributed by atoms with Crippen LogP contribution in [0.3, 0.4) is 0 Å². The molecule has 1 saturated heterocycles. The van der Waals surface area contributed by atoms with Gasteiger partial charge in [0.05, 0.1) is 12.2 Å². The second kappa shape index (κ2) is 4.62. The molecule has 0 aromatic carbocycles. The van der Waals surface area contributed by atoms with E-state index in [1.165, 1.54) is 44.9 Å². The molecule has 0 aromatic rings. The van der Waals surface area contributed by atoms with Crippen LogP contribution in [0.25, 0.3) is 0 Å². The Balaban J connectivity index is 1.46. The lowest BCUT2D eigenvalue weighted by molar-refractivity contribution is -0.132. The van der Waals surface area contributed by atoms with Crippen molar-refractivity contribution in [3.63, 3.8) is 0 Å². The Morgan fingerprint density at radius 1 is 0.957 bits per heavy atom. The third-order valence-electron chi connectivity index (χ3n) is 9.40. The van der Waals surface area contributed by atoms with Gasteiger partial charge in [-0.15, -0.1) is 0 Å². The smallest absolute Gasteiger partial charge is 0.133 e. The standard InChI is InChI=1S/C21H32O2/c1-12(22)15-6-7-16-14-5-4-13-10-18-19(23-18)11-21(13,3)17(14)8-9-20(15,16)2/h13-19H,4-11H2,1-3H3/t13-,14-,15+,16-,17-,18-,19?,20+,21-/m0/s1. The number of carbonyl (C=O) groups excluding carboxylic acids is 1. The highest BCUT2D eigenvalue weighted by molar-refractivity contribution is 5.79. The number of hydrogen-bond donors (Lipinski definition) is 0. The van der Waals surface area contributed by atoms with Gasteiger partial charge in [-0.3, -0.25) is 4.79 Å². The van der Waals surface area contributed by atoms with Crippen molar-refractivity contribution < 1.29 is 9.53 Å². The van der Waals surface area contributed by atoms with E-state index in [1.807, 2.05) is 6.92 Å². The van der Waals surface area contributed by atoms with Gasteiger partial charge in [0.2, 0.25) is 0 Å². The van der Waals surface area contributed by atoms with Crippen LogP contribution < -0.4 is 0 Å². The van der Waals surface area contributed by atoms with E-state index in [2.05, 4.69) is 13.8 Å². The quantitative estimate of drug-likeness (QED) is 0.661. The second-order valence-electron chi connectivity index (χ2n) is 10.1. The minimum absolute atomic E-state index is 0.309. The van der Waals surface area contributed by atoms with E-state index in [9.17, 15) is 4.79 Å². The number of ketones is 1. The average Bonchev–Trinajstić information content (AvgIpc) is 3.13. The predicted octanol–water partition coefficient (Wildman–Crippen LogP) is 4.61. The minimum Gasteiger partial charge on any atom is -0.370 e. The molecule has 4 saturated carbocycles. The summed E-state index contributed by atoms with van der Waals surface area (Å²) >= 11 is 0. The molecule has 5 fully saturated rings. The predicted molar refractivity (Wildman–Crippen MR) is 89.9 cm³/mol. The summed E-state index contributed by atoms with van der Waals surface area (Å²) in [6.45, 7) is 6.91. The monoisotopic (exact) mass is 316 g/mol. The molecule has 2 nitrogen and oxygen atoms in total. The van der Waals surface area contributed by atoms with Crippen molar-refractivity contribution in [2.75, 3.05) is 0 Å². The average molecular weight is 316 g/mol. The maximum absolute atomic E-state index is 12.2. The van der Waals surface area contributed by atoms with Crippen molar-refractivity contribution in [1.82, 2.24) is 0 Å². The first kappa shape index (κ1) is 14.9. The number of hydrogen-bond acceptors (Lipinski definition) is 2. The molecule has 23 heavy (non-hydrogen) atoms. The molecule has 4 aliphatic carbocycles. The summed E-state index contributed by atoms with van der Waals surface area (Å²) in [7, 11) is 0. The Labute approximate surface area is 140 Å². The summed E-state index contributed by atoms with van der Waals surface area (Å²) < 4.78 is 5.92. The number of ether oxygens (including phenoxy) is 1. The van der Waals surface area contributed by atoms with Crippen LogP contribution in [0.4, 0.5) is 0 Å². The largest absolute Gasteiger partial charge is 0.370 e. The van der Waals surface area contributed by atoms with Crippen molar-refractivity contribution in [2.24, 2.45) is 40.4 Å². The van der Waals surface area contributed by atoms with E-state index in [4.69, 9.17) is 4.74 Å². The third-order valence-corrected chi connectivity index (χ3v) is 9.40. The van der Waals surface area contributed by atoms with Gasteiger partial charge >= 0.3 is 0 Å². The van der Waals surface area contributed by atoms with Crippen LogP contribution >= 0.6 is 0 Å². The van der Waals surface area contributed by atoms with Gasteiger partial charge in [0.25, 0.3) is 0 Å². The van der Waals surface area contributed by atoms with Gasteiger partial charge in [-0.25, -0.2) is 0 Å². The normalized spacial score (nSPS) is 60.2. The van der Waals surface area contributed by atoms with Crippen molar-refractivity contribution >= 4 is 5.78 Å². The van der Waals surface area contributed by atoms with Crippen LogP contribution in [0.5, 0.6) is 0 Å². The summed E-state index contributed by atoms with van der Waals surface area (Å²) in [6, 6.07) is 0. The van der Waals surface area contributed by atoms with Crippen molar-refractivity contribution in [3.05, 3.63) is 0 Å². The zero-order valence-corrected chi connectivity index (χ0v) is 15.0. The van der Waals surface area contributed by atoms with Crippen molar-refractivity contribution in [1.29, 1.82) is 0 Å². The summed E-state index contributed by atoms with van der Waals surface area (Å²) in [5, 5.41) is 0. The molecule has 1 heterocycles. The first-order chi connectivity index (χ1) is 10.9. The van der Waals surface area contributed by atoms with Crippen LogP contribution in [0, 0.1) is 40.4 Å². The highest BCUT2D eigenvalue weighted by atomic mass is 16.6. The van der Waals surface area contributed by atoms with E-state index in [0.717, 1.165) is 30.1 Å². The number of carbonyl (C=O) groups is 1. The molecule has 1 aliphatic heterocycles. The van der Waals surface area contributed by atoms with Gasteiger partial charge in [-0.1, -0.05) is 13.8 Å². The van der Waals surface area contributed by atoms with Crippen LogP contribution in [-0.4, -0.2) is 18.0 Å². The number of fused-ring (bicyclic) bond motifs is 6. The maximum atomic E-state index is 12.2. The molecular weight excluding hydrogens is 284 g/mol. The first-order valence-electron chi connectivity index (χ1n) is 10.1. The first-order valence-corrected chi connectivity index (χ1v) is 10.1. The highest BCUT2D eigenvalue weighted by Gasteiger charge is 2.63. The summed E-state index contributed by atoms with van der Waals surface area (Å²) in [5.74, 6) is 4.30. The molecule has 0 amide bonds. The molecule has 0 N–H and O–H groups in total. The van der Waals surface area contributed by atoms with Gasteiger partial charge in [0.1, 0.15) is 5.78 Å². The molecule has 0 radical (unpaired) electrons. The number of Topliss-reactive ketones (excluding diaryl/α,β-unsaturated/α-hetero) is 1. The lowest BCUT2D eigenvalue weighted by atomic mass is 9.45. The SMILES string of the molecule is CC(=O)[C@H]1CC[C@H]2[C@@H]3CC[C@H]4C[C@@H]5OC5C[C@]4(C)[C@H]3CC[C@]12C. The fourth-order valence-electron chi connectivity index (χ4n) is 8.19. The van der Waals surface area contributed by atoms with Crippen molar-refractivity contribution in [3.8, 4) is 0 Å². The Bertz CT molecular complexity index is 542. The Kier molecular flexibility index (Phi) is 3.00. The summed E-state index contributed by atoms with van der Waals surface area (Å²) in [5.41, 5.74) is 0.833. The van der Waals surface area contributed by atoms with E-state index >= 15 is 0 Å². The maximum Gasteiger partial charge on any atom is 0.133 e. The number of rotatable bonds is 1. The molecule has 5 rings (SSSR count). The minimum atomic E-state index is 0.309. The molecule has 5 aliphatic rings. The molecule has 2 heteroatoms. The second-order valence-corrected chi connectivity index (χ2v) is 10.1. The van der Waals surface area contributed by atoms with Crippen LogP contribution in [0.2, 0.25) is 0 Å². The molecular formula is C21H32O2. The van der Waals surface area contributed by atoms with Gasteiger partial charge in [-0.05, 0) is 92.8 Å². The Morgan fingerprint density at radius 3 is 2.52 bits per heavy atom. The Hall–Kier alpha value is -0.370.